The number of aromatic nitrogens is 3. The highest BCUT2D eigenvalue weighted by Gasteiger charge is 2.31. The summed E-state index contributed by atoms with van der Waals surface area (Å²) in [5.41, 5.74) is 1.46. The van der Waals surface area contributed by atoms with E-state index < -0.39 is 29.6 Å². The molecule has 1 fully saturated rings. The third kappa shape index (κ3) is 7.56. The Kier molecular flexibility index (Phi) is 9.37. The highest BCUT2D eigenvalue weighted by Crippen LogP contribution is 2.33. The molecule has 0 aliphatic carbocycles. The van der Waals surface area contributed by atoms with Crippen molar-refractivity contribution in [1.29, 1.82) is 0 Å². The number of morpholine rings is 1. The van der Waals surface area contributed by atoms with Crippen LogP contribution in [0.2, 0.25) is 0 Å². The van der Waals surface area contributed by atoms with Gasteiger partial charge in [0.05, 0.1) is 42.9 Å². The summed E-state index contributed by atoms with van der Waals surface area (Å²) < 4.78 is 48.0. The van der Waals surface area contributed by atoms with Crippen LogP contribution in [0.1, 0.15) is 56.4 Å². The quantitative estimate of drug-likeness (QED) is 0.374. The molecule has 1 unspecified atom stereocenters. The maximum absolute atomic E-state index is 13.7. The number of aryl methyl sites for hydroxylation is 2. The SMILES string of the molecule is CC(NC(=O)C1=NC=CCc2c1cnn2C)c1ncc(C(=O)Nc2cc(CCCN3CCOCC3)cc(C(F)(F)F)c2)s1. The zero-order valence-electron chi connectivity index (χ0n) is 23.8. The van der Waals surface area contributed by atoms with Crippen LogP contribution >= 0.6 is 11.3 Å². The Morgan fingerprint density at radius 3 is 2.70 bits per heavy atom. The van der Waals surface area contributed by atoms with Crippen molar-refractivity contribution >= 4 is 34.6 Å². The summed E-state index contributed by atoms with van der Waals surface area (Å²) in [6.45, 7) is 5.41. The van der Waals surface area contributed by atoms with Gasteiger partial charge in [-0.2, -0.15) is 18.3 Å². The van der Waals surface area contributed by atoms with Crippen LogP contribution in [0.15, 0.2) is 47.9 Å². The number of aliphatic imine (C=N–C) groups is 1. The van der Waals surface area contributed by atoms with E-state index in [0.29, 0.717) is 48.6 Å². The molecule has 1 atom stereocenters. The molecule has 2 aliphatic rings. The second-order valence-electron chi connectivity index (χ2n) is 10.4. The van der Waals surface area contributed by atoms with Crippen LogP contribution in [0.5, 0.6) is 0 Å². The van der Waals surface area contributed by atoms with E-state index in [9.17, 15) is 22.8 Å². The molecule has 3 aromatic rings. The molecule has 43 heavy (non-hydrogen) atoms. The fourth-order valence-corrected chi connectivity index (χ4v) is 5.78. The molecule has 2 amide bonds. The topological polar surface area (TPSA) is 114 Å². The number of hydrogen-bond acceptors (Lipinski definition) is 8. The minimum atomic E-state index is -4.56. The number of benzene rings is 1. The number of hydrogen-bond donors (Lipinski definition) is 2. The highest BCUT2D eigenvalue weighted by molar-refractivity contribution is 7.13. The lowest BCUT2D eigenvalue weighted by Crippen LogP contribution is -2.36. The summed E-state index contributed by atoms with van der Waals surface area (Å²) in [7, 11) is 1.80. The molecule has 5 rings (SSSR count). The Balaban J connectivity index is 1.23. The lowest BCUT2D eigenvalue weighted by Gasteiger charge is -2.26. The lowest BCUT2D eigenvalue weighted by molar-refractivity contribution is -0.137. The van der Waals surface area contributed by atoms with Gasteiger partial charge < -0.3 is 15.4 Å². The van der Waals surface area contributed by atoms with Crippen LogP contribution < -0.4 is 10.6 Å². The smallest absolute Gasteiger partial charge is 0.379 e. The second-order valence-corrected chi connectivity index (χ2v) is 11.4. The number of anilines is 1. The molecule has 1 saturated heterocycles. The molecule has 10 nitrogen and oxygen atoms in total. The van der Waals surface area contributed by atoms with E-state index in [2.05, 4.69) is 30.6 Å². The minimum Gasteiger partial charge on any atom is -0.379 e. The van der Waals surface area contributed by atoms with Gasteiger partial charge in [0.2, 0.25) is 0 Å². The van der Waals surface area contributed by atoms with Gasteiger partial charge in [0, 0.05) is 44.0 Å². The monoisotopic (exact) mass is 615 g/mol. The number of fused-ring (bicyclic) bond motifs is 1. The largest absolute Gasteiger partial charge is 0.416 e. The van der Waals surface area contributed by atoms with Crippen LogP contribution in [0, 0.1) is 0 Å². The van der Waals surface area contributed by atoms with Gasteiger partial charge in [-0.05, 0) is 50.1 Å². The van der Waals surface area contributed by atoms with Crippen molar-refractivity contribution < 1.29 is 27.5 Å². The first-order chi connectivity index (χ1) is 20.6. The fraction of sp³-hybridized carbons (Fsp3) is 0.414. The van der Waals surface area contributed by atoms with E-state index in [1.165, 1.54) is 6.20 Å². The Hall–Kier alpha value is -3.88. The van der Waals surface area contributed by atoms with Crippen molar-refractivity contribution in [1.82, 2.24) is 25.0 Å². The Morgan fingerprint density at radius 2 is 1.93 bits per heavy atom. The summed E-state index contributed by atoms with van der Waals surface area (Å²) in [4.78, 5) is 37.1. The molecular formula is C29H32F3N7O3S. The highest BCUT2D eigenvalue weighted by atomic mass is 32.1. The number of carbonyl (C=O) groups is 2. The van der Waals surface area contributed by atoms with Crippen LogP contribution in [-0.2, 0) is 35.6 Å². The molecule has 228 valence electrons. The van der Waals surface area contributed by atoms with Crippen molar-refractivity contribution in [2.75, 3.05) is 38.2 Å². The van der Waals surface area contributed by atoms with Crippen molar-refractivity contribution in [2.24, 2.45) is 12.0 Å². The van der Waals surface area contributed by atoms with Crippen LogP contribution in [0.3, 0.4) is 0 Å². The number of ether oxygens (including phenoxy) is 1. The van der Waals surface area contributed by atoms with Gasteiger partial charge in [0.1, 0.15) is 15.6 Å². The molecule has 1 aromatic carbocycles. The maximum atomic E-state index is 13.7. The van der Waals surface area contributed by atoms with E-state index >= 15 is 0 Å². The molecule has 0 bridgehead atoms. The summed E-state index contributed by atoms with van der Waals surface area (Å²) in [6, 6.07) is 3.09. The molecular weight excluding hydrogens is 583 g/mol. The number of halogens is 3. The van der Waals surface area contributed by atoms with Gasteiger partial charge >= 0.3 is 6.18 Å². The number of allylic oxidation sites excluding steroid dienone is 1. The number of nitrogens with one attached hydrogen (secondary N) is 2. The van der Waals surface area contributed by atoms with E-state index in [-0.39, 0.29) is 16.3 Å². The first-order valence-corrected chi connectivity index (χ1v) is 14.7. The standard InChI is InChI=1S/C29H32F3N7O3S/c1-18(36-27(41)25-22-16-35-38(2)23(22)6-3-7-33-25)28-34-17-24(43-28)26(40)37-21-14-19(13-20(15-21)29(30,31)32)5-4-8-39-9-11-42-12-10-39/h3,7,13-18H,4-6,8-12H2,1-2H3,(H,36,41)(H,37,40). The number of rotatable bonds is 9. The minimum absolute atomic E-state index is 0.0594. The molecule has 0 radical (unpaired) electrons. The van der Waals surface area contributed by atoms with Gasteiger partial charge in [-0.25, -0.2) is 4.98 Å². The van der Waals surface area contributed by atoms with Gasteiger partial charge in [-0.3, -0.25) is 24.2 Å². The van der Waals surface area contributed by atoms with Crippen molar-refractivity contribution in [3.63, 3.8) is 0 Å². The maximum Gasteiger partial charge on any atom is 0.416 e. The Labute approximate surface area is 250 Å². The number of thiazole rings is 1. The van der Waals surface area contributed by atoms with Crippen LogP contribution in [0.4, 0.5) is 18.9 Å². The number of alkyl halides is 3. The predicted octanol–water partition coefficient (Wildman–Crippen LogP) is 4.15. The number of carbonyl (C=O) groups excluding carboxylic acids is 2. The first kappa shape index (κ1) is 30.6. The fourth-order valence-electron chi connectivity index (χ4n) is 4.96. The molecule has 14 heteroatoms. The third-order valence-electron chi connectivity index (χ3n) is 7.24. The average Bonchev–Trinajstić information content (AvgIpc) is 3.54. The van der Waals surface area contributed by atoms with Crippen molar-refractivity contribution in [2.45, 2.75) is 38.4 Å². The van der Waals surface area contributed by atoms with Gasteiger partial charge in [0.15, 0.2) is 0 Å². The number of nitrogens with zero attached hydrogens (tertiary/aromatic N) is 5. The molecule has 2 aliphatic heterocycles. The molecule has 2 aromatic heterocycles. The zero-order valence-corrected chi connectivity index (χ0v) is 24.6. The van der Waals surface area contributed by atoms with E-state index in [0.717, 1.165) is 48.8 Å². The van der Waals surface area contributed by atoms with E-state index in [1.807, 2.05) is 6.08 Å². The third-order valence-corrected chi connectivity index (χ3v) is 8.42. The molecule has 4 heterocycles. The molecule has 0 saturated carbocycles. The second kappa shape index (κ2) is 13.2. The average molecular weight is 616 g/mol. The van der Waals surface area contributed by atoms with Gasteiger partial charge in [-0.1, -0.05) is 6.08 Å². The summed E-state index contributed by atoms with van der Waals surface area (Å²) in [6.07, 6.45) is 3.52. The van der Waals surface area contributed by atoms with E-state index in [4.69, 9.17) is 4.74 Å². The summed E-state index contributed by atoms with van der Waals surface area (Å²) >= 11 is 1.05. The van der Waals surface area contributed by atoms with Crippen molar-refractivity contribution in [3.05, 3.63) is 75.1 Å². The Bertz CT molecular complexity index is 1540. The number of amides is 2. The van der Waals surface area contributed by atoms with Crippen LogP contribution in [-0.4, -0.2) is 70.0 Å². The normalized spacial score (nSPS) is 16.3. The first-order valence-electron chi connectivity index (χ1n) is 13.9. The van der Waals surface area contributed by atoms with Crippen LogP contribution in [0.25, 0.3) is 0 Å². The van der Waals surface area contributed by atoms with Gasteiger partial charge in [0.25, 0.3) is 11.8 Å². The zero-order chi connectivity index (χ0) is 30.6. The Morgan fingerprint density at radius 1 is 1.14 bits per heavy atom. The van der Waals surface area contributed by atoms with E-state index in [1.54, 1.807) is 37.1 Å². The summed E-state index contributed by atoms with van der Waals surface area (Å²) in [5, 5.41) is 10.1. The lowest BCUT2D eigenvalue weighted by atomic mass is 10.0. The predicted molar refractivity (Wildman–Crippen MR) is 156 cm³/mol. The van der Waals surface area contributed by atoms with Gasteiger partial charge in [-0.15, -0.1) is 11.3 Å². The van der Waals surface area contributed by atoms with Crippen molar-refractivity contribution in [3.8, 4) is 0 Å². The summed E-state index contributed by atoms with van der Waals surface area (Å²) in [5.74, 6) is -1.00. The molecule has 2 N–H and O–H groups in total. The molecule has 0 spiro atoms.